The molecule has 0 saturated carbocycles. The summed E-state index contributed by atoms with van der Waals surface area (Å²) in [6.07, 6.45) is 3.69. The van der Waals surface area contributed by atoms with Crippen LogP contribution in [0, 0.1) is 0 Å². The second-order valence-corrected chi connectivity index (χ2v) is 6.36. The Bertz CT molecular complexity index is 325. The van der Waals surface area contributed by atoms with Crippen molar-refractivity contribution in [2.45, 2.75) is 50.6 Å². The first kappa shape index (κ1) is 22.7. The van der Waals surface area contributed by atoms with Gasteiger partial charge in [-0.25, -0.2) is 0 Å². The van der Waals surface area contributed by atoms with Crippen molar-refractivity contribution >= 4 is 0 Å². The van der Waals surface area contributed by atoms with Gasteiger partial charge in [-0.15, -0.1) is 0 Å². The van der Waals surface area contributed by atoms with E-state index in [2.05, 4.69) is 27.9 Å². The van der Waals surface area contributed by atoms with E-state index in [0.717, 1.165) is 51.9 Å². The molecule has 1 fully saturated rings. The molecule has 0 aliphatic carbocycles. The first-order valence-electron chi connectivity index (χ1n) is 9.16. The number of hydrogen-bond acceptors (Lipinski definition) is 8. The summed E-state index contributed by atoms with van der Waals surface area (Å²) < 4.78 is 22.2. The predicted octanol–water partition coefficient (Wildman–Crippen LogP) is 0.151. The van der Waals surface area contributed by atoms with Crippen LogP contribution in [0.3, 0.4) is 0 Å². The fraction of sp³-hybridized carbons (Fsp3) is 1.00. The lowest BCUT2D eigenvalue weighted by Crippen LogP contribution is -2.44. The zero-order chi connectivity index (χ0) is 18.5. The van der Waals surface area contributed by atoms with Crippen LogP contribution in [0.2, 0.25) is 0 Å². The van der Waals surface area contributed by atoms with E-state index in [1.807, 2.05) is 0 Å². The molecule has 8 heteroatoms. The summed E-state index contributed by atoms with van der Waals surface area (Å²) in [5, 5.41) is 10.3. The largest absolute Gasteiger partial charge is 0.367 e. The third kappa shape index (κ3) is 9.25. The minimum absolute atomic E-state index is 0.0240. The molecule has 1 rings (SSSR count). The molecule has 1 aliphatic heterocycles. The highest BCUT2D eigenvalue weighted by atomic mass is 16.5. The fourth-order valence-corrected chi connectivity index (χ4v) is 3.01. The summed E-state index contributed by atoms with van der Waals surface area (Å²) in [7, 11) is 9.05. The van der Waals surface area contributed by atoms with E-state index in [1.54, 1.807) is 28.4 Å². The highest BCUT2D eigenvalue weighted by Gasteiger charge is 2.18. The zero-order valence-electron chi connectivity index (χ0n) is 16.5. The molecule has 0 aromatic rings. The average Bonchev–Trinajstić information content (AvgIpc) is 2.63. The number of hydrogen-bond donors (Lipinski definition) is 3. The molecule has 0 radical (unpaired) electrons. The van der Waals surface area contributed by atoms with Crippen LogP contribution >= 0.6 is 0 Å². The molecular formula is C17H38N4O4. The molecule has 1 heterocycles. The van der Waals surface area contributed by atoms with Gasteiger partial charge in [0.25, 0.3) is 0 Å². The number of nitrogens with zero attached hydrogens (tertiary/aromatic N) is 1. The molecule has 4 atom stereocenters. The Balaban J connectivity index is 2.63. The van der Waals surface area contributed by atoms with Gasteiger partial charge in [-0.1, -0.05) is 0 Å². The van der Waals surface area contributed by atoms with Gasteiger partial charge in [0.2, 0.25) is 0 Å². The topological polar surface area (TPSA) is 76.2 Å². The maximum atomic E-state index is 5.63. The summed E-state index contributed by atoms with van der Waals surface area (Å²) in [6, 6.07) is 0. The van der Waals surface area contributed by atoms with Crippen molar-refractivity contribution in [1.82, 2.24) is 20.9 Å². The summed E-state index contributed by atoms with van der Waals surface area (Å²) in [5.41, 5.74) is 0. The van der Waals surface area contributed by atoms with Gasteiger partial charge in [0.1, 0.15) is 24.9 Å². The van der Waals surface area contributed by atoms with Crippen molar-refractivity contribution < 1.29 is 18.9 Å². The summed E-state index contributed by atoms with van der Waals surface area (Å²) in [5.74, 6) is 0. The first-order valence-corrected chi connectivity index (χ1v) is 9.16. The molecular weight excluding hydrogens is 324 g/mol. The van der Waals surface area contributed by atoms with Crippen molar-refractivity contribution in [3.8, 4) is 0 Å². The van der Waals surface area contributed by atoms with Gasteiger partial charge >= 0.3 is 0 Å². The van der Waals surface area contributed by atoms with Crippen molar-refractivity contribution in [3.63, 3.8) is 0 Å². The van der Waals surface area contributed by atoms with Gasteiger partial charge in [-0.05, 0) is 32.7 Å². The number of ether oxygens (including phenoxy) is 4. The van der Waals surface area contributed by atoms with Crippen molar-refractivity contribution in [2.24, 2.45) is 0 Å². The average molecular weight is 363 g/mol. The zero-order valence-corrected chi connectivity index (χ0v) is 16.5. The Morgan fingerprint density at radius 1 is 0.640 bits per heavy atom. The minimum Gasteiger partial charge on any atom is -0.367 e. The normalized spacial score (nSPS) is 32.5. The van der Waals surface area contributed by atoms with Gasteiger partial charge in [0, 0.05) is 54.6 Å². The standard InChI is InChI=1S/C17H38N4O4/c1-21-13-9-16(24-4)19-11-7-14(22-2)18-10-6-15(23-3)20-12-8-17(21)25-5/h14-20H,6-13H2,1-5H3. The predicted molar refractivity (Wildman–Crippen MR) is 98.3 cm³/mol. The highest BCUT2D eigenvalue weighted by Crippen LogP contribution is 2.07. The van der Waals surface area contributed by atoms with Gasteiger partial charge in [-0.3, -0.25) is 20.9 Å². The smallest absolute Gasteiger partial charge is 0.111 e. The van der Waals surface area contributed by atoms with Crippen molar-refractivity contribution in [3.05, 3.63) is 0 Å². The molecule has 4 unspecified atom stereocenters. The molecule has 150 valence electrons. The Morgan fingerprint density at radius 3 is 1.52 bits per heavy atom. The SMILES string of the molecule is COC1CCNC(OC)CCN(C)C(OC)CCNC(OC)CCN1. The Morgan fingerprint density at radius 2 is 1.08 bits per heavy atom. The van der Waals surface area contributed by atoms with Crippen LogP contribution in [0.4, 0.5) is 0 Å². The molecule has 0 spiro atoms. The number of nitrogens with one attached hydrogen (secondary N) is 3. The Labute approximate surface area is 152 Å². The summed E-state index contributed by atoms with van der Waals surface area (Å²) in [4.78, 5) is 2.22. The lowest BCUT2D eigenvalue weighted by atomic mass is 10.2. The molecule has 3 N–H and O–H groups in total. The van der Waals surface area contributed by atoms with Crippen molar-refractivity contribution in [1.29, 1.82) is 0 Å². The first-order chi connectivity index (χ1) is 12.1. The van der Waals surface area contributed by atoms with E-state index in [4.69, 9.17) is 18.9 Å². The molecule has 0 aromatic heterocycles. The quantitative estimate of drug-likeness (QED) is 0.653. The summed E-state index contributed by atoms with van der Waals surface area (Å²) in [6.45, 7) is 3.38. The third-order valence-corrected chi connectivity index (χ3v) is 4.68. The van der Waals surface area contributed by atoms with Crippen LogP contribution in [-0.4, -0.2) is 91.5 Å². The van der Waals surface area contributed by atoms with E-state index in [9.17, 15) is 0 Å². The fourth-order valence-electron chi connectivity index (χ4n) is 3.01. The molecule has 0 bridgehead atoms. The van der Waals surface area contributed by atoms with Crippen molar-refractivity contribution in [2.75, 3.05) is 61.7 Å². The maximum Gasteiger partial charge on any atom is 0.111 e. The molecule has 8 nitrogen and oxygen atoms in total. The lowest BCUT2D eigenvalue weighted by molar-refractivity contribution is -0.0366. The van der Waals surface area contributed by atoms with Crippen LogP contribution in [0.5, 0.6) is 0 Å². The Hall–Kier alpha value is -0.320. The highest BCUT2D eigenvalue weighted by molar-refractivity contribution is 4.68. The number of rotatable bonds is 4. The maximum absolute atomic E-state index is 5.63. The van der Waals surface area contributed by atoms with E-state index >= 15 is 0 Å². The van der Waals surface area contributed by atoms with Gasteiger partial charge in [0.05, 0.1) is 0 Å². The van der Waals surface area contributed by atoms with Crippen LogP contribution < -0.4 is 16.0 Å². The number of methoxy groups -OCH3 is 4. The van der Waals surface area contributed by atoms with E-state index in [0.29, 0.717) is 0 Å². The lowest BCUT2D eigenvalue weighted by Gasteiger charge is -2.29. The second kappa shape index (κ2) is 13.8. The van der Waals surface area contributed by atoms with Gasteiger partial charge in [0.15, 0.2) is 0 Å². The Kier molecular flexibility index (Phi) is 12.6. The molecule has 0 amide bonds. The molecule has 0 aromatic carbocycles. The van der Waals surface area contributed by atoms with E-state index < -0.39 is 0 Å². The van der Waals surface area contributed by atoms with Crippen LogP contribution in [0.1, 0.15) is 25.7 Å². The van der Waals surface area contributed by atoms with E-state index in [-0.39, 0.29) is 24.9 Å². The van der Waals surface area contributed by atoms with Gasteiger partial charge in [-0.2, -0.15) is 0 Å². The van der Waals surface area contributed by atoms with Crippen LogP contribution in [0.25, 0.3) is 0 Å². The molecule has 1 aliphatic rings. The molecule has 25 heavy (non-hydrogen) atoms. The van der Waals surface area contributed by atoms with E-state index in [1.165, 1.54) is 0 Å². The summed E-state index contributed by atoms with van der Waals surface area (Å²) >= 11 is 0. The van der Waals surface area contributed by atoms with Crippen LogP contribution in [-0.2, 0) is 18.9 Å². The van der Waals surface area contributed by atoms with Gasteiger partial charge < -0.3 is 18.9 Å². The third-order valence-electron chi connectivity index (χ3n) is 4.68. The minimum atomic E-state index is 0.0240. The molecule has 1 saturated heterocycles. The monoisotopic (exact) mass is 362 g/mol. The van der Waals surface area contributed by atoms with Crippen LogP contribution in [0.15, 0.2) is 0 Å². The second-order valence-electron chi connectivity index (χ2n) is 6.36.